The molecule has 3 unspecified atom stereocenters. The summed E-state index contributed by atoms with van der Waals surface area (Å²) in [5.74, 6) is 0.941. The summed E-state index contributed by atoms with van der Waals surface area (Å²) < 4.78 is 4.74. The summed E-state index contributed by atoms with van der Waals surface area (Å²) in [4.78, 5) is 0. The molecular formula is C5H13INO2PS. The van der Waals surface area contributed by atoms with Crippen molar-refractivity contribution in [2.45, 2.75) is 18.8 Å². The molecule has 0 saturated carbocycles. The Labute approximate surface area is 87.0 Å². The SMILES string of the molecule is CC(N)PSCC(O)COI. The molecule has 68 valence electrons. The molecule has 0 fully saturated rings. The maximum absolute atomic E-state index is 9.18. The third kappa shape index (κ3) is 9.30. The van der Waals surface area contributed by atoms with Gasteiger partial charge in [0.1, 0.15) is 23.0 Å². The van der Waals surface area contributed by atoms with Gasteiger partial charge in [-0.25, -0.2) is 0 Å². The van der Waals surface area contributed by atoms with Gasteiger partial charge in [0.05, 0.1) is 12.7 Å². The topological polar surface area (TPSA) is 55.5 Å². The van der Waals surface area contributed by atoms with Gasteiger partial charge in [0.25, 0.3) is 0 Å². The molecule has 0 aromatic heterocycles. The summed E-state index contributed by atoms with van der Waals surface area (Å²) >= 11 is 3.45. The molecule has 0 saturated heterocycles. The van der Waals surface area contributed by atoms with E-state index in [0.29, 0.717) is 20.1 Å². The summed E-state index contributed by atoms with van der Waals surface area (Å²) in [7, 11) is 0.662. The molecule has 0 aromatic carbocycles. The molecule has 0 aliphatic rings. The van der Waals surface area contributed by atoms with Crippen molar-refractivity contribution in [1.82, 2.24) is 0 Å². The van der Waals surface area contributed by atoms with E-state index < -0.39 is 0 Å². The van der Waals surface area contributed by atoms with Crippen molar-refractivity contribution >= 4 is 42.2 Å². The minimum Gasteiger partial charge on any atom is -0.390 e. The van der Waals surface area contributed by atoms with Crippen LogP contribution in [0.4, 0.5) is 0 Å². The Balaban J connectivity index is 3.10. The van der Waals surface area contributed by atoms with Gasteiger partial charge in [0, 0.05) is 11.5 Å². The molecule has 0 amide bonds. The van der Waals surface area contributed by atoms with Gasteiger partial charge in [-0.1, -0.05) is 0 Å². The van der Waals surface area contributed by atoms with E-state index in [-0.39, 0.29) is 11.9 Å². The highest BCUT2D eigenvalue weighted by molar-refractivity contribution is 14.1. The Morgan fingerprint density at radius 3 is 2.91 bits per heavy atom. The van der Waals surface area contributed by atoms with Crippen LogP contribution in [-0.4, -0.2) is 29.4 Å². The average molecular weight is 309 g/mol. The molecule has 0 bridgehead atoms. The van der Waals surface area contributed by atoms with Crippen molar-refractivity contribution < 1.29 is 8.17 Å². The Hall–Kier alpha value is 1.39. The van der Waals surface area contributed by atoms with Crippen molar-refractivity contribution in [2.24, 2.45) is 5.73 Å². The fourth-order valence-electron chi connectivity index (χ4n) is 0.397. The second-order valence-electron chi connectivity index (χ2n) is 2.15. The van der Waals surface area contributed by atoms with E-state index in [1.54, 1.807) is 34.4 Å². The lowest BCUT2D eigenvalue weighted by atomic mass is 10.4. The number of halogens is 1. The second kappa shape index (κ2) is 8.01. The molecule has 0 heterocycles. The summed E-state index contributed by atoms with van der Waals surface area (Å²) in [6, 6.07) is 0. The molecule has 0 aliphatic heterocycles. The lowest BCUT2D eigenvalue weighted by Gasteiger charge is -2.08. The highest BCUT2D eigenvalue weighted by Crippen LogP contribution is 2.32. The first kappa shape index (κ1) is 12.4. The van der Waals surface area contributed by atoms with Crippen molar-refractivity contribution in [2.75, 3.05) is 12.4 Å². The van der Waals surface area contributed by atoms with E-state index in [1.807, 2.05) is 6.92 Å². The van der Waals surface area contributed by atoms with Crippen LogP contribution in [0.15, 0.2) is 0 Å². The first-order valence-corrected chi connectivity index (χ1v) is 6.88. The Morgan fingerprint density at radius 2 is 2.45 bits per heavy atom. The van der Waals surface area contributed by atoms with Gasteiger partial charge >= 0.3 is 0 Å². The zero-order chi connectivity index (χ0) is 8.69. The second-order valence-corrected chi connectivity index (χ2v) is 6.11. The molecular weight excluding hydrogens is 296 g/mol. The van der Waals surface area contributed by atoms with Gasteiger partial charge in [-0.3, -0.25) is 0 Å². The largest absolute Gasteiger partial charge is 0.390 e. The third-order valence-corrected chi connectivity index (χ3v) is 4.37. The van der Waals surface area contributed by atoms with Crippen LogP contribution in [-0.2, 0) is 3.07 Å². The van der Waals surface area contributed by atoms with Crippen LogP contribution in [0.5, 0.6) is 0 Å². The summed E-state index contributed by atoms with van der Waals surface area (Å²) in [5, 5.41) is 9.18. The Morgan fingerprint density at radius 1 is 1.82 bits per heavy atom. The molecule has 3 nitrogen and oxygen atoms in total. The first-order chi connectivity index (χ1) is 5.16. The smallest absolute Gasteiger partial charge is 0.109 e. The van der Waals surface area contributed by atoms with E-state index in [2.05, 4.69) is 0 Å². The number of aliphatic hydroxyl groups excluding tert-OH is 1. The molecule has 6 heteroatoms. The highest BCUT2D eigenvalue weighted by atomic mass is 127. The lowest BCUT2D eigenvalue weighted by Crippen LogP contribution is -2.15. The number of rotatable bonds is 6. The van der Waals surface area contributed by atoms with Gasteiger partial charge in [0.2, 0.25) is 0 Å². The maximum Gasteiger partial charge on any atom is 0.109 e. The van der Waals surface area contributed by atoms with E-state index in [0.717, 1.165) is 0 Å². The van der Waals surface area contributed by atoms with Crippen molar-refractivity contribution in [3.63, 3.8) is 0 Å². The lowest BCUT2D eigenvalue weighted by molar-refractivity contribution is 0.150. The van der Waals surface area contributed by atoms with Crippen LogP contribution < -0.4 is 5.73 Å². The zero-order valence-corrected chi connectivity index (χ0v) is 10.3. The van der Waals surface area contributed by atoms with Gasteiger partial charge in [-0.05, 0) is 14.7 Å². The molecule has 3 N–H and O–H groups in total. The number of hydrogen-bond acceptors (Lipinski definition) is 4. The van der Waals surface area contributed by atoms with E-state index in [1.165, 1.54) is 0 Å². The minimum absolute atomic E-state index is 0.229. The summed E-state index contributed by atoms with van der Waals surface area (Å²) in [6.45, 7) is 2.36. The predicted molar refractivity (Wildman–Crippen MR) is 60.4 cm³/mol. The molecule has 11 heavy (non-hydrogen) atoms. The molecule has 0 spiro atoms. The first-order valence-electron chi connectivity index (χ1n) is 3.21. The van der Waals surface area contributed by atoms with E-state index in [4.69, 9.17) is 8.80 Å². The fraction of sp³-hybridized carbons (Fsp3) is 1.00. The number of nitrogens with two attached hydrogens (primary N) is 1. The summed E-state index contributed by atoms with van der Waals surface area (Å²) in [5.41, 5.74) is 5.53. The maximum atomic E-state index is 9.18. The third-order valence-electron chi connectivity index (χ3n) is 0.800. The van der Waals surface area contributed by atoms with E-state index in [9.17, 15) is 5.11 Å². The fourth-order valence-corrected chi connectivity index (χ4v) is 3.11. The van der Waals surface area contributed by atoms with E-state index >= 15 is 0 Å². The van der Waals surface area contributed by atoms with Gasteiger partial charge < -0.3 is 13.9 Å². The molecule has 3 atom stereocenters. The number of aliphatic hydroxyl groups is 1. The monoisotopic (exact) mass is 309 g/mol. The zero-order valence-electron chi connectivity index (χ0n) is 6.29. The van der Waals surface area contributed by atoms with Crippen LogP contribution in [0, 0.1) is 0 Å². The molecule has 0 rings (SSSR count). The molecule has 0 aromatic rings. The predicted octanol–water partition coefficient (Wildman–Crippen LogP) is 1.35. The van der Waals surface area contributed by atoms with Crippen LogP contribution in [0.1, 0.15) is 6.92 Å². The van der Waals surface area contributed by atoms with Gasteiger partial charge in [-0.2, -0.15) is 0 Å². The van der Waals surface area contributed by atoms with Crippen molar-refractivity contribution in [3.8, 4) is 0 Å². The highest BCUT2D eigenvalue weighted by Gasteiger charge is 2.03. The van der Waals surface area contributed by atoms with Crippen LogP contribution in [0.3, 0.4) is 0 Å². The number of hydrogen-bond donors (Lipinski definition) is 2. The molecule has 0 aliphatic carbocycles. The van der Waals surface area contributed by atoms with Crippen LogP contribution in [0.2, 0.25) is 0 Å². The van der Waals surface area contributed by atoms with Gasteiger partial charge in [0.15, 0.2) is 0 Å². The Bertz CT molecular complexity index is 98.6. The minimum atomic E-state index is -0.358. The molecule has 0 radical (unpaired) electrons. The van der Waals surface area contributed by atoms with Gasteiger partial charge in [-0.15, -0.1) is 11.4 Å². The van der Waals surface area contributed by atoms with Crippen molar-refractivity contribution in [3.05, 3.63) is 0 Å². The summed E-state index contributed by atoms with van der Waals surface area (Å²) in [6.07, 6.45) is -0.358. The Kier molecular flexibility index (Phi) is 9.02. The standard InChI is InChI=1S/C5H13INO2PS/c1-4(7)10-11-3-5(8)2-9-6/h4-5,8,10H,2-3,7H2,1H3. The normalized spacial score (nSPS) is 17.5. The quantitative estimate of drug-likeness (QED) is 0.574. The van der Waals surface area contributed by atoms with Crippen LogP contribution in [0.25, 0.3) is 0 Å². The average Bonchev–Trinajstić information content (AvgIpc) is 1.87. The van der Waals surface area contributed by atoms with Crippen LogP contribution >= 0.6 is 42.2 Å². The van der Waals surface area contributed by atoms with Crippen molar-refractivity contribution in [1.29, 1.82) is 0 Å².